The van der Waals surface area contributed by atoms with Gasteiger partial charge in [0.1, 0.15) is 5.75 Å². The Morgan fingerprint density at radius 2 is 2.00 bits per heavy atom. The molecule has 0 unspecified atom stereocenters. The number of nitrogens with one attached hydrogen (secondary N) is 1. The number of anilines is 1. The minimum absolute atomic E-state index is 0.155. The summed E-state index contributed by atoms with van der Waals surface area (Å²) < 4.78 is 5.36. The zero-order valence-corrected chi connectivity index (χ0v) is 11.9. The number of nitrogens with zero attached hydrogens (tertiary/aromatic N) is 1. The third kappa shape index (κ3) is 3.19. The molecule has 1 heterocycles. The van der Waals surface area contributed by atoms with Crippen LogP contribution >= 0.6 is 0 Å². The summed E-state index contributed by atoms with van der Waals surface area (Å²) in [7, 11) is 1.67. The van der Waals surface area contributed by atoms with Gasteiger partial charge in [0.15, 0.2) is 0 Å². The number of piperidine rings is 1. The number of rotatable bonds is 5. The van der Waals surface area contributed by atoms with Crippen molar-refractivity contribution in [1.29, 1.82) is 0 Å². The molecule has 106 valence electrons. The molecule has 2 N–H and O–H groups in total. The Kier molecular flexibility index (Phi) is 4.66. The van der Waals surface area contributed by atoms with Crippen LogP contribution in [0.3, 0.4) is 0 Å². The SMILES string of the molecule is CCN1CCC(CO)(Nc2ccccc2OC)CC1. The van der Waals surface area contributed by atoms with Gasteiger partial charge in [-0.25, -0.2) is 0 Å². The van der Waals surface area contributed by atoms with Gasteiger partial charge in [-0.05, 0) is 31.5 Å². The number of para-hydroxylation sites is 2. The van der Waals surface area contributed by atoms with Gasteiger partial charge in [-0.15, -0.1) is 0 Å². The maximum absolute atomic E-state index is 9.80. The van der Waals surface area contributed by atoms with Gasteiger partial charge in [0.2, 0.25) is 0 Å². The Morgan fingerprint density at radius 1 is 1.32 bits per heavy atom. The Hall–Kier alpha value is -1.26. The summed E-state index contributed by atoms with van der Waals surface area (Å²) in [6, 6.07) is 7.88. The van der Waals surface area contributed by atoms with Crippen molar-refractivity contribution in [2.24, 2.45) is 0 Å². The molecular formula is C15H24N2O2. The number of likely N-dealkylation sites (tertiary alicyclic amines) is 1. The van der Waals surface area contributed by atoms with Crippen molar-refractivity contribution in [3.05, 3.63) is 24.3 Å². The van der Waals surface area contributed by atoms with Crippen LogP contribution in [0.1, 0.15) is 19.8 Å². The molecular weight excluding hydrogens is 240 g/mol. The van der Waals surface area contributed by atoms with Crippen LogP contribution in [0, 0.1) is 0 Å². The number of hydrogen-bond donors (Lipinski definition) is 2. The number of hydrogen-bond acceptors (Lipinski definition) is 4. The topological polar surface area (TPSA) is 44.7 Å². The molecule has 2 rings (SSSR count). The van der Waals surface area contributed by atoms with Gasteiger partial charge in [-0.3, -0.25) is 0 Å². The monoisotopic (exact) mass is 264 g/mol. The first-order valence-corrected chi connectivity index (χ1v) is 6.97. The summed E-state index contributed by atoms with van der Waals surface area (Å²) in [6.45, 7) is 5.47. The quantitative estimate of drug-likeness (QED) is 0.853. The Balaban J connectivity index is 2.11. The third-order valence-corrected chi connectivity index (χ3v) is 4.07. The van der Waals surface area contributed by atoms with E-state index < -0.39 is 0 Å². The highest BCUT2D eigenvalue weighted by Crippen LogP contribution is 2.31. The van der Waals surface area contributed by atoms with E-state index in [1.807, 2.05) is 24.3 Å². The van der Waals surface area contributed by atoms with E-state index in [-0.39, 0.29) is 12.1 Å². The molecule has 1 aliphatic heterocycles. The lowest BCUT2D eigenvalue weighted by Crippen LogP contribution is -2.51. The summed E-state index contributed by atoms with van der Waals surface area (Å²) in [5.41, 5.74) is 0.740. The van der Waals surface area contributed by atoms with Crippen LogP contribution in [0.4, 0.5) is 5.69 Å². The van der Waals surface area contributed by atoms with Gasteiger partial charge in [0.05, 0.1) is 24.9 Å². The molecule has 0 bridgehead atoms. The average molecular weight is 264 g/mol. The van der Waals surface area contributed by atoms with Crippen molar-refractivity contribution in [3.63, 3.8) is 0 Å². The third-order valence-electron chi connectivity index (χ3n) is 4.07. The van der Waals surface area contributed by atoms with Gasteiger partial charge >= 0.3 is 0 Å². The maximum atomic E-state index is 9.80. The van der Waals surface area contributed by atoms with Crippen molar-refractivity contribution in [2.45, 2.75) is 25.3 Å². The van der Waals surface area contributed by atoms with Crippen LogP contribution in [-0.4, -0.2) is 48.9 Å². The zero-order chi connectivity index (χ0) is 13.7. The van der Waals surface area contributed by atoms with Gasteiger partial charge in [-0.1, -0.05) is 19.1 Å². The molecule has 1 aromatic rings. The Labute approximate surface area is 115 Å². The smallest absolute Gasteiger partial charge is 0.141 e. The second kappa shape index (κ2) is 6.26. The van der Waals surface area contributed by atoms with Crippen molar-refractivity contribution in [3.8, 4) is 5.75 Å². The summed E-state index contributed by atoms with van der Waals surface area (Å²) >= 11 is 0. The van der Waals surface area contributed by atoms with Crippen molar-refractivity contribution in [2.75, 3.05) is 38.7 Å². The molecule has 0 spiro atoms. The van der Waals surface area contributed by atoms with Crippen molar-refractivity contribution < 1.29 is 9.84 Å². The fraction of sp³-hybridized carbons (Fsp3) is 0.600. The van der Waals surface area contributed by atoms with E-state index in [1.165, 1.54) is 0 Å². The lowest BCUT2D eigenvalue weighted by molar-refractivity contribution is 0.122. The molecule has 1 aromatic carbocycles. The standard InChI is InChI=1S/C15H24N2O2/c1-3-17-10-8-15(12-18,9-11-17)16-13-6-4-5-7-14(13)19-2/h4-7,16,18H,3,8-12H2,1-2H3. The van der Waals surface area contributed by atoms with E-state index in [0.717, 1.165) is 43.9 Å². The Morgan fingerprint density at radius 3 is 2.58 bits per heavy atom. The van der Waals surface area contributed by atoms with Crippen LogP contribution in [0.25, 0.3) is 0 Å². The van der Waals surface area contributed by atoms with Crippen LogP contribution in [0.5, 0.6) is 5.75 Å². The highest BCUT2D eigenvalue weighted by atomic mass is 16.5. The first kappa shape index (κ1) is 14.2. The fourth-order valence-corrected chi connectivity index (χ4v) is 2.65. The number of methoxy groups -OCH3 is 1. The minimum atomic E-state index is -0.222. The van der Waals surface area contributed by atoms with Crippen LogP contribution in [0.2, 0.25) is 0 Å². The van der Waals surface area contributed by atoms with E-state index in [9.17, 15) is 5.11 Å². The zero-order valence-electron chi connectivity index (χ0n) is 11.9. The minimum Gasteiger partial charge on any atom is -0.495 e. The Bertz CT molecular complexity index is 401. The lowest BCUT2D eigenvalue weighted by atomic mass is 9.88. The van der Waals surface area contributed by atoms with E-state index in [2.05, 4.69) is 17.1 Å². The van der Waals surface area contributed by atoms with E-state index in [1.54, 1.807) is 7.11 Å². The first-order chi connectivity index (χ1) is 9.23. The normalized spacial score (nSPS) is 19.1. The van der Waals surface area contributed by atoms with Gasteiger partial charge < -0.3 is 20.1 Å². The second-order valence-corrected chi connectivity index (χ2v) is 5.20. The van der Waals surface area contributed by atoms with Gasteiger partial charge in [0.25, 0.3) is 0 Å². The van der Waals surface area contributed by atoms with E-state index in [0.29, 0.717) is 0 Å². The highest BCUT2D eigenvalue weighted by Gasteiger charge is 2.34. The predicted octanol–water partition coefficient (Wildman–Crippen LogP) is 1.95. The molecule has 1 saturated heterocycles. The van der Waals surface area contributed by atoms with Crippen LogP contribution in [-0.2, 0) is 0 Å². The van der Waals surface area contributed by atoms with Crippen LogP contribution in [0.15, 0.2) is 24.3 Å². The first-order valence-electron chi connectivity index (χ1n) is 6.97. The summed E-state index contributed by atoms with van der Waals surface area (Å²) in [5, 5.41) is 13.3. The predicted molar refractivity (Wildman–Crippen MR) is 77.8 cm³/mol. The number of aliphatic hydroxyl groups excluding tert-OH is 1. The molecule has 0 radical (unpaired) electrons. The largest absolute Gasteiger partial charge is 0.495 e. The average Bonchev–Trinajstić information content (AvgIpc) is 2.48. The van der Waals surface area contributed by atoms with E-state index >= 15 is 0 Å². The number of aliphatic hydroxyl groups is 1. The molecule has 4 nitrogen and oxygen atoms in total. The van der Waals surface area contributed by atoms with Crippen LogP contribution < -0.4 is 10.1 Å². The lowest BCUT2D eigenvalue weighted by Gasteiger charge is -2.41. The molecule has 0 aliphatic carbocycles. The molecule has 1 aliphatic rings. The number of ether oxygens (including phenoxy) is 1. The molecule has 1 fully saturated rings. The van der Waals surface area contributed by atoms with Crippen molar-refractivity contribution in [1.82, 2.24) is 4.90 Å². The van der Waals surface area contributed by atoms with Gasteiger partial charge in [-0.2, -0.15) is 0 Å². The van der Waals surface area contributed by atoms with Gasteiger partial charge in [0, 0.05) is 13.1 Å². The maximum Gasteiger partial charge on any atom is 0.141 e. The van der Waals surface area contributed by atoms with E-state index in [4.69, 9.17) is 4.74 Å². The molecule has 19 heavy (non-hydrogen) atoms. The molecule has 0 saturated carbocycles. The summed E-state index contributed by atoms with van der Waals surface area (Å²) in [5.74, 6) is 0.827. The fourth-order valence-electron chi connectivity index (χ4n) is 2.65. The summed E-state index contributed by atoms with van der Waals surface area (Å²) in [4.78, 5) is 2.41. The second-order valence-electron chi connectivity index (χ2n) is 5.20. The molecule has 0 atom stereocenters. The van der Waals surface area contributed by atoms with Crippen molar-refractivity contribution >= 4 is 5.69 Å². The highest BCUT2D eigenvalue weighted by molar-refractivity contribution is 5.57. The number of benzene rings is 1. The molecule has 4 heteroatoms. The summed E-state index contributed by atoms with van der Waals surface area (Å²) in [6.07, 6.45) is 1.91. The molecule has 0 amide bonds. The molecule has 0 aromatic heterocycles.